The normalized spacial score (nSPS) is 31.9. The number of ether oxygens (including phenoxy) is 2. The molecule has 2 bridgehead atoms. The van der Waals surface area contributed by atoms with E-state index in [1.54, 1.807) is 12.1 Å². The van der Waals surface area contributed by atoms with E-state index in [1.165, 1.54) is 22.7 Å². The first-order chi connectivity index (χ1) is 12.4. The lowest BCUT2D eigenvalue weighted by Crippen LogP contribution is -3.00. The van der Waals surface area contributed by atoms with Gasteiger partial charge in [0.2, 0.25) is 5.60 Å². The zero-order chi connectivity index (χ0) is 18.1. The minimum atomic E-state index is -1.72. The quantitative estimate of drug-likeness (QED) is 0.322. The number of likely N-dealkylation sites (N-methyl/N-ethyl adjacent to an activating group) is 1. The number of fused-ring (bicyclic) bond motifs is 5. The third-order valence-electron chi connectivity index (χ3n) is 6.36. The summed E-state index contributed by atoms with van der Waals surface area (Å²) in [6.07, 6.45) is 2.05. The Bertz CT molecular complexity index is 771. The monoisotopic (exact) mass is 489 g/mol. The zero-order valence-corrected chi connectivity index (χ0v) is 18.8. The molecule has 0 aromatic carbocycles. The van der Waals surface area contributed by atoms with Gasteiger partial charge in [-0.05, 0) is 22.9 Å². The molecule has 154 valence electrons. The van der Waals surface area contributed by atoms with Crippen molar-refractivity contribution in [1.29, 1.82) is 0 Å². The number of halogens is 1. The summed E-state index contributed by atoms with van der Waals surface area (Å²) in [7, 11) is 4.49. The zero-order valence-electron chi connectivity index (χ0n) is 15.6. The molecule has 4 atom stereocenters. The molecule has 0 radical (unpaired) electrons. The number of nitrogens with zero attached hydrogens (tertiary/aromatic N) is 1. The second-order valence-corrected chi connectivity index (χ2v) is 9.89. The molecule has 3 aliphatic rings. The number of esters is 1. The van der Waals surface area contributed by atoms with Crippen molar-refractivity contribution in [3.63, 3.8) is 0 Å². The highest BCUT2D eigenvalue weighted by Crippen LogP contribution is 2.52. The van der Waals surface area contributed by atoms with Crippen LogP contribution >= 0.6 is 22.7 Å². The molecule has 9 heteroatoms. The van der Waals surface area contributed by atoms with E-state index < -0.39 is 11.6 Å². The molecule has 0 amide bonds. The molecule has 5 heterocycles. The first-order valence-electron chi connectivity index (χ1n) is 8.92. The van der Waals surface area contributed by atoms with Gasteiger partial charge in [0.15, 0.2) is 0 Å². The smallest absolute Gasteiger partial charge is 0.349 e. The average molecular weight is 490 g/mol. The van der Waals surface area contributed by atoms with Gasteiger partial charge in [-0.3, -0.25) is 0 Å². The van der Waals surface area contributed by atoms with E-state index >= 15 is 0 Å². The summed E-state index contributed by atoms with van der Waals surface area (Å²) in [5.41, 5.74) is -1.72. The number of carbonyl (C=O) groups excluding carboxylic acids is 1. The summed E-state index contributed by atoms with van der Waals surface area (Å²) in [6, 6.07) is 8.01. The summed E-state index contributed by atoms with van der Waals surface area (Å²) >= 11 is 2.74. The van der Waals surface area contributed by atoms with Crippen LogP contribution in [0.3, 0.4) is 0 Å². The molecule has 3 aliphatic heterocycles. The standard InChI is InChI=1S/C19H22NO4S2.BrH.H2O/c1-20(2)12-9-11(10-13(20)17-16(12)24-17)23-18(21)19(22,14-5-3-7-25-14)15-6-4-8-26-15;;/h3-8,11-13,16-17,22H,9-10H2,1-2H3;1H;1H2/q+1;;/p-1. The van der Waals surface area contributed by atoms with Gasteiger partial charge < -0.3 is 41.5 Å². The molecule has 0 aliphatic carbocycles. The van der Waals surface area contributed by atoms with Gasteiger partial charge in [0.25, 0.3) is 0 Å². The maximum atomic E-state index is 13.1. The predicted octanol–water partition coefficient (Wildman–Crippen LogP) is -1.47. The first kappa shape index (κ1) is 21.9. The minimum Gasteiger partial charge on any atom is -1.00 e. The molecule has 4 unspecified atom stereocenters. The second kappa shape index (κ2) is 7.46. The molecular formula is C19H24BrNO5S2. The highest BCUT2D eigenvalue weighted by molar-refractivity contribution is 7.12. The Hall–Kier alpha value is -0.810. The lowest BCUT2D eigenvalue weighted by atomic mass is 9.95. The number of quaternary nitrogens is 1. The van der Waals surface area contributed by atoms with Crippen molar-refractivity contribution in [2.75, 3.05) is 14.1 Å². The van der Waals surface area contributed by atoms with Gasteiger partial charge in [0.1, 0.15) is 30.4 Å². The Morgan fingerprint density at radius 2 is 1.64 bits per heavy atom. The number of piperidine rings is 1. The van der Waals surface area contributed by atoms with Crippen molar-refractivity contribution in [1.82, 2.24) is 0 Å². The van der Waals surface area contributed by atoms with Crippen molar-refractivity contribution in [2.24, 2.45) is 0 Å². The van der Waals surface area contributed by atoms with Crippen LogP contribution in [0.15, 0.2) is 35.0 Å². The number of thiophene rings is 2. The van der Waals surface area contributed by atoms with Crippen LogP contribution in [0, 0.1) is 0 Å². The van der Waals surface area contributed by atoms with Crippen LogP contribution in [-0.2, 0) is 19.9 Å². The summed E-state index contributed by atoms with van der Waals surface area (Å²) in [5, 5.41) is 15.1. The number of aliphatic hydroxyl groups is 1. The third-order valence-corrected chi connectivity index (χ3v) is 8.32. The van der Waals surface area contributed by atoms with E-state index in [0.717, 1.165) is 17.3 Å². The van der Waals surface area contributed by atoms with E-state index in [1.807, 2.05) is 22.9 Å². The number of hydrogen-bond acceptors (Lipinski definition) is 6. The number of hydrogen-bond donors (Lipinski definition) is 1. The Morgan fingerprint density at radius 1 is 1.14 bits per heavy atom. The van der Waals surface area contributed by atoms with Gasteiger partial charge in [-0.15, -0.1) is 22.7 Å². The Kier molecular flexibility index (Phi) is 5.83. The van der Waals surface area contributed by atoms with Crippen molar-refractivity contribution >= 4 is 28.6 Å². The van der Waals surface area contributed by atoms with Crippen molar-refractivity contribution in [3.8, 4) is 0 Å². The minimum absolute atomic E-state index is 0. The highest BCUT2D eigenvalue weighted by atomic mass is 79.9. The van der Waals surface area contributed by atoms with Crippen LogP contribution in [-0.4, -0.2) is 65.5 Å². The van der Waals surface area contributed by atoms with Crippen LogP contribution < -0.4 is 17.0 Å². The lowest BCUT2D eigenvalue weighted by Gasteiger charge is -2.45. The Balaban J connectivity index is 0.00000112. The maximum absolute atomic E-state index is 13.1. The topological polar surface area (TPSA) is 90.6 Å². The van der Waals surface area contributed by atoms with Crippen LogP contribution in [0.2, 0.25) is 0 Å². The van der Waals surface area contributed by atoms with Gasteiger partial charge in [-0.2, -0.15) is 0 Å². The molecule has 3 fully saturated rings. The SMILES string of the molecule is C[N+]1(C)C2CC(OC(=O)C(O)(c3cccs3)c3cccs3)CC1C1OC12.O.[Br-]. The van der Waals surface area contributed by atoms with E-state index in [4.69, 9.17) is 9.47 Å². The van der Waals surface area contributed by atoms with E-state index in [-0.39, 0.29) is 28.6 Å². The fourth-order valence-corrected chi connectivity index (χ4v) is 6.54. The molecule has 28 heavy (non-hydrogen) atoms. The van der Waals surface area contributed by atoms with Crippen molar-refractivity contribution in [2.45, 2.75) is 48.8 Å². The van der Waals surface area contributed by atoms with Crippen LogP contribution in [0.5, 0.6) is 0 Å². The van der Waals surface area contributed by atoms with Crippen LogP contribution in [0.1, 0.15) is 22.6 Å². The highest BCUT2D eigenvalue weighted by Gasteiger charge is 2.71. The molecular weight excluding hydrogens is 466 g/mol. The fourth-order valence-electron chi connectivity index (χ4n) is 4.83. The fraction of sp³-hybridized carbons (Fsp3) is 0.526. The van der Waals surface area contributed by atoms with E-state index in [9.17, 15) is 9.90 Å². The summed E-state index contributed by atoms with van der Waals surface area (Å²) in [6.45, 7) is 0. The largest absolute Gasteiger partial charge is 1.00 e. The summed E-state index contributed by atoms with van der Waals surface area (Å²) in [4.78, 5) is 14.3. The van der Waals surface area contributed by atoms with Crippen LogP contribution in [0.4, 0.5) is 0 Å². The molecule has 3 N–H and O–H groups in total. The van der Waals surface area contributed by atoms with Crippen molar-refractivity contribution < 1.29 is 46.3 Å². The molecule has 0 spiro atoms. The Morgan fingerprint density at radius 3 is 2.07 bits per heavy atom. The average Bonchev–Trinajstić information content (AvgIpc) is 2.98. The predicted molar refractivity (Wildman–Crippen MR) is 103 cm³/mol. The third kappa shape index (κ3) is 3.08. The molecule has 6 nitrogen and oxygen atoms in total. The lowest BCUT2D eigenvalue weighted by molar-refractivity contribution is -0.938. The molecule has 0 saturated carbocycles. The van der Waals surface area contributed by atoms with Gasteiger partial charge >= 0.3 is 5.97 Å². The number of epoxide rings is 1. The summed E-state index contributed by atoms with van der Waals surface area (Å²) < 4.78 is 12.6. The second-order valence-electron chi connectivity index (χ2n) is 7.99. The van der Waals surface area contributed by atoms with Gasteiger partial charge in [0.05, 0.1) is 23.8 Å². The number of rotatable bonds is 4. The van der Waals surface area contributed by atoms with E-state index in [2.05, 4.69) is 14.1 Å². The van der Waals surface area contributed by atoms with Gasteiger partial charge in [-0.25, -0.2) is 4.79 Å². The van der Waals surface area contributed by atoms with Crippen molar-refractivity contribution in [3.05, 3.63) is 44.8 Å². The van der Waals surface area contributed by atoms with Gasteiger partial charge in [0, 0.05) is 12.8 Å². The molecule has 3 saturated heterocycles. The maximum Gasteiger partial charge on any atom is 0.349 e. The number of carbonyl (C=O) groups is 1. The molecule has 5 rings (SSSR count). The number of morpholine rings is 1. The molecule has 2 aromatic rings. The Labute approximate surface area is 182 Å². The molecule has 2 aromatic heterocycles. The van der Waals surface area contributed by atoms with E-state index in [0.29, 0.717) is 34.0 Å². The van der Waals surface area contributed by atoms with Gasteiger partial charge in [-0.1, -0.05) is 12.1 Å². The van der Waals surface area contributed by atoms with Crippen LogP contribution in [0.25, 0.3) is 0 Å². The first-order valence-corrected chi connectivity index (χ1v) is 10.7. The summed E-state index contributed by atoms with van der Waals surface area (Å²) in [5.74, 6) is -0.561.